The van der Waals surface area contributed by atoms with Crippen molar-refractivity contribution in [3.05, 3.63) is 52.8 Å². The Kier molecular flexibility index (Phi) is 8.00. The van der Waals surface area contributed by atoms with Gasteiger partial charge in [0.1, 0.15) is 16.6 Å². The molecule has 4 atom stereocenters. The van der Waals surface area contributed by atoms with E-state index in [0.29, 0.717) is 22.9 Å². The number of hydrogen-bond donors (Lipinski definition) is 2. The van der Waals surface area contributed by atoms with E-state index in [1.54, 1.807) is 0 Å². The summed E-state index contributed by atoms with van der Waals surface area (Å²) in [5.41, 5.74) is -5.50. The second-order valence-electron chi connectivity index (χ2n) is 10.2. The summed E-state index contributed by atoms with van der Waals surface area (Å²) in [4.78, 5) is 25.9. The number of nitrogens with one attached hydrogen (secondary N) is 2. The summed E-state index contributed by atoms with van der Waals surface area (Å²) in [7, 11) is -4.31. The van der Waals surface area contributed by atoms with Gasteiger partial charge < -0.3 is 15.4 Å². The maximum absolute atomic E-state index is 14.9. The van der Waals surface area contributed by atoms with E-state index >= 15 is 0 Å². The lowest BCUT2D eigenvalue weighted by Gasteiger charge is -2.31. The van der Waals surface area contributed by atoms with Crippen molar-refractivity contribution in [1.82, 2.24) is 15.5 Å². The lowest BCUT2D eigenvalue weighted by molar-refractivity contribution is -0.122. The molecule has 0 radical (unpaired) electrons. The number of aromatic nitrogens is 2. The number of alkyl halides is 3. The molecule has 1 heterocycles. The fourth-order valence-corrected chi connectivity index (χ4v) is 7.38. The normalized spacial score (nSPS) is 21.8. The van der Waals surface area contributed by atoms with Gasteiger partial charge in [-0.1, -0.05) is 24.3 Å². The van der Waals surface area contributed by atoms with E-state index in [1.165, 1.54) is 30.6 Å². The van der Waals surface area contributed by atoms with Gasteiger partial charge in [0, 0.05) is 23.4 Å². The van der Waals surface area contributed by atoms with Crippen LogP contribution in [-0.2, 0) is 21.1 Å². The molecule has 0 saturated heterocycles. The minimum Gasteiger partial charge on any atom is -0.496 e. The van der Waals surface area contributed by atoms with Crippen molar-refractivity contribution in [1.29, 1.82) is 0 Å². The third-order valence-electron chi connectivity index (χ3n) is 7.77. The zero-order valence-electron chi connectivity index (χ0n) is 22.4. The van der Waals surface area contributed by atoms with Crippen LogP contribution in [-0.4, -0.2) is 49.1 Å². The van der Waals surface area contributed by atoms with Crippen LogP contribution >= 0.6 is 11.3 Å². The molecule has 1 unspecified atom stereocenters. The van der Waals surface area contributed by atoms with Crippen LogP contribution in [0.25, 0.3) is 10.6 Å². The van der Waals surface area contributed by atoms with Gasteiger partial charge in [0.2, 0.25) is 5.91 Å². The van der Waals surface area contributed by atoms with Gasteiger partial charge in [-0.25, -0.2) is 12.8 Å². The third-order valence-corrected chi connectivity index (χ3v) is 10.4. The number of sulfone groups is 1. The SMILES string of the molecule is CCc1nnc(-c2cc(C(=O)N[C@H]3C(C(=O)Nc4cccc(S(=O)(=O)C(F)(F)F)c4)[C@@H]4CC[C@H]3C4)c(OC)cc2F)s1. The van der Waals surface area contributed by atoms with Gasteiger partial charge >= 0.3 is 5.51 Å². The van der Waals surface area contributed by atoms with Crippen molar-refractivity contribution in [3.8, 4) is 16.3 Å². The van der Waals surface area contributed by atoms with E-state index in [4.69, 9.17) is 4.74 Å². The molecule has 2 aliphatic rings. The van der Waals surface area contributed by atoms with Crippen molar-refractivity contribution < 1.29 is 40.3 Å². The van der Waals surface area contributed by atoms with Gasteiger partial charge in [0.25, 0.3) is 15.7 Å². The van der Waals surface area contributed by atoms with Gasteiger partial charge in [-0.05, 0) is 61.8 Å². The number of carbonyl (C=O) groups is 2. The summed E-state index contributed by atoms with van der Waals surface area (Å²) >= 11 is 1.20. The van der Waals surface area contributed by atoms with Crippen LogP contribution in [0.3, 0.4) is 0 Å². The van der Waals surface area contributed by atoms with Crippen molar-refractivity contribution in [3.63, 3.8) is 0 Å². The van der Waals surface area contributed by atoms with Crippen LogP contribution in [0, 0.1) is 23.6 Å². The number of hydrogen-bond acceptors (Lipinski definition) is 8. The number of rotatable bonds is 8. The zero-order chi connectivity index (χ0) is 30.4. The number of halogens is 4. The lowest BCUT2D eigenvalue weighted by atomic mass is 9.83. The molecule has 2 fully saturated rings. The first-order chi connectivity index (χ1) is 19.8. The maximum Gasteiger partial charge on any atom is 0.501 e. The Bertz CT molecular complexity index is 1640. The van der Waals surface area contributed by atoms with Gasteiger partial charge in [0.05, 0.1) is 23.5 Å². The monoisotopic (exact) mass is 626 g/mol. The quantitative estimate of drug-likeness (QED) is 0.337. The molecule has 42 heavy (non-hydrogen) atoms. The first-order valence-electron chi connectivity index (χ1n) is 13.1. The van der Waals surface area contributed by atoms with Gasteiger partial charge in [-0.3, -0.25) is 9.59 Å². The highest BCUT2D eigenvalue weighted by Gasteiger charge is 2.52. The number of ether oxygens (including phenoxy) is 1. The summed E-state index contributed by atoms with van der Waals surface area (Å²) in [6.07, 6.45) is 2.74. The number of benzene rings is 2. The molecule has 9 nitrogen and oxygen atoms in total. The molecule has 2 aromatic carbocycles. The van der Waals surface area contributed by atoms with Crippen molar-refractivity contribution in [2.24, 2.45) is 17.8 Å². The molecule has 0 aliphatic heterocycles. The standard InChI is InChI=1S/C27H26F4N4O5S2/c1-3-21-34-35-26(41-21)17-11-18(20(40-2)12-19(17)28)24(36)33-23-14-8-7-13(9-14)22(23)25(37)32-15-5-4-6-16(10-15)42(38,39)27(29,30)31/h4-6,10-14,22-23H,3,7-9H2,1-2H3,(H,32,37)(H,33,36)/t13-,14+,22?,23-/m1/s1. The summed E-state index contributed by atoms with van der Waals surface area (Å²) in [6.45, 7) is 1.89. The van der Waals surface area contributed by atoms with E-state index < -0.39 is 49.8 Å². The minimum atomic E-state index is -5.61. The molecule has 2 aliphatic carbocycles. The summed E-state index contributed by atoms with van der Waals surface area (Å²) in [5.74, 6) is -2.66. The Morgan fingerprint density at radius 2 is 1.86 bits per heavy atom. The number of carbonyl (C=O) groups excluding carboxylic acids is 2. The summed E-state index contributed by atoms with van der Waals surface area (Å²) in [5, 5.41) is 14.5. The smallest absolute Gasteiger partial charge is 0.496 e. The second kappa shape index (κ2) is 11.2. The average molecular weight is 627 g/mol. The van der Waals surface area contributed by atoms with Crippen LogP contribution in [0.2, 0.25) is 0 Å². The molecule has 3 aromatic rings. The number of methoxy groups -OCH3 is 1. The zero-order valence-corrected chi connectivity index (χ0v) is 24.0. The van der Waals surface area contributed by atoms with Crippen molar-refractivity contribution >= 4 is 38.7 Å². The second-order valence-corrected chi connectivity index (χ2v) is 13.2. The van der Waals surface area contributed by atoms with Crippen LogP contribution in [0.15, 0.2) is 41.3 Å². The number of aryl methyl sites for hydroxylation is 1. The van der Waals surface area contributed by atoms with Crippen molar-refractivity contribution in [2.45, 2.75) is 49.1 Å². The lowest BCUT2D eigenvalue weighted by Crippen LogP contribution is -2.48. The Hall–Kier alpha value is -3.59. The molecular formula is C27H26F4N4O5S2. The van der Waals surface area contributed by atoms with E-state index in [2.05, 4.69) is 20.8 Å². The molecular weight excluding hydrogens is 600 g/mol. The fraction of sp³-hybridized carbons (Fsp3) is 0.407. The van der Waals surface area contributed by atoms with E-state index in [-0.39, 0.29) is 34.4 Å². The van der Waals surface area contributed by atoms with Crippen LogP contribution < -0.4 is 15.4 Å². The minimum absolute atomic E-state index is 0.0131. The number of amides is 2. The largest absolute Gasteiger partial charge is 0.501 e. The Labute approximate surface area is 242 Å². The number of anilines is 1. The van der Waals surface area contributed by atoms with E-state index in [9.17, 15) is 35.6 Å². The topological polar surface area (TPSA) is 127 Å². The Morgan fingerprint density at radius 3 is 2.52 bits per heavy atom. The van der Waals surface area contributed by atoms with Gasteiger partial charge in [0.15, 0.2) is 5.01 Å². The number of nitrogens with zero attached hydrogens (tertiary/aromatic N) is 2. The molecule has 5 rings (SSSR count). The summed E-state index contributed by atoms with van der Waals surface area (Å²) in [6, 6.07) is 5.75. The first kappa shape index (κ1) is 29.9. The fourth-order valence-electron chi connectivity index (χ4n) is 5.78. The molecule has 2 bridgehead atoms. The molecule has 2 amide bonds. The molecule has 0 spiro atoms. The molecule has 2 saturated carbocycles. The highest BCUT2D eigenvalue weighted by molar-refractivity contribution is 7.92. The van der Waals surface area contributed by atoms with Crippen LogP contribution in [0.5, 0.6) is 5.75 Å². The van der Waals surface area contributed by atoms with Gasteiger partial charge in [-0.2, -0.15) is 13.2 Å². The summed E-state index contributed by atoms with van der Waals surface area (Å²) < 4.78 is 83.0. The van der Waals surface area contributed by atoms with E-state index in [1.807, 2.05) is 6.92 Å². The highest BCUT2D eigenvalue weighted by Crippen LogP contribution is 2.49. The van der Waals surface area contributed by atoms with Gasteiger partial charge in [-0.15, -0.1) is 10.2 Å². The average Bonchev–Trinajstić information content (AvgIpc) is 3.69. The Morgan fingerprint density at radius 1 is 1.12 bits per heavy atom. The first-order valence-corrected chi connectivity index (χ1v) is 15.4. The predicted molar refractivity (Wildman–Crippen MR) is 145 cm³/mol. The number of fused-ring (bicyclic) bond motifs is 2. The highest BCUT2D eigenvalue weighted by atomic mass is 32.2. The van der Waals surface area contributed by atoms with Crippen LogP contribution in [0.1, 0.15) is 41.6 Å². The predicted octanol–water partition coefficient (Wildman–Crippen LogP) is 4.99. The molecule has 224 valence electrons. The molecule has 1 aromatic heterocycles. The van der Waals surface area contributed by atoms with Crippen LogP contribution in [0.4, 0.5) is 23.2 Å². The third kappa shape index (κ3) is 5.46. The van der Waals surface area contributed by atoms with Crippen molar-refractivity contribution in [2.75, 3.05) is 12.4 Å². The Balaban J connectivity index is 1.39. The molecule has 2 N–H and O–H groups in total. The van der Waals surface area contributed by atoms with E-state index in [0.717, 1.165) is 37.1 Å². The molecule has 15 heteroatoms. The maximum atomic E-state index is 14.9.